The molecule has 0 aromatic rings. The maximum Gasteiger partial charge on any atom is 0.261 e. The molecule has 0 saturated carbocycles. The second-order valence-corrected chi connectivity index (χ2v) is 7.68. The summed E-state index contributed by atoms with van der Waals surface area (Å²) in [6.07, 6.45) is 2.26. The van der Waals surface area contributed by atoms with Crippen LogP contribution in [0.3, 0.4) is 0 Å². The summed E-state index contributed by atoms with van der Waals surface area (Å²) in [6.45, 7) is 2.96. The highest BCUT2D eigenvalue weighted by atomic mass is 19.3. The second kappa shape index (κ2) is 5.59. The largest absolute Gasteiger partial charge is 0.300 e. The van der Waals surface area contributed by atoms with E-state index in [2.05, 4.69) is 4.90 Å². The number of hydrogen-bond acceptors (Lipinski definition) is 4. The van der Waals surface area contributed by atoms with Crippen molar-refractivity contribution in [3.05, 3.63) is 11.1 Å². The minimum atomic E-state index is -2.52. The lowest BCUT2D eigenvalue weighted by Crippen LogP contribution is -2.60. The number of likely N-dealkylation sites (tertiary alicyclic amines) is 2. The highest BCUT2D eigenvalue weighted by molar-refractivity contribution is 6.19. The van der Waals surface area contributed by atoms with Crippen LogP contribution in [-0.2, 0) is 9.59 Å². The van der Waals surface area contributed by atoms with Crippen LogP contribution in [0, 0.1) is 5.92 Å². The summed E-state index contributed by atoms with van der Waals surface area (Å²) in [5, 5.41) is 0. The van der Waals surface area contributed by atoms with Crippen LogP contribution in [0.5, 0.6) is 0 Å². The molecule has 1 aliphatic carbocycles. The first-order chi connectivity index (χ1) is 11.3. The van der Waals surface area contributed by atoms with Gasteiger partial charge in [0.2, 0.25) is 0 Å². The van der Waals surface area contributed by atoms with E-state index in [9.17, 15) is 18.4 Å². The molecule has 3 aliphatic heterocycles. The molecule has 0 aromatic heterocycles. The van der Waals surface area contributed by atoms with Gasteiger partial charge in [-0.15, -0.1) is 0 Å². The molecule has 2 saturated heterocycles. The van der Waals surface area contributed by atoms with Gasteiger partial charge in [-0.2, -0.15) is 0 Å². The third-order valence-electron chi connectivity index (χ3n) is 5.96. The van der Waals surface area contributed by atoms with E-state index in [1.807, 2.05) is 4.90 Å². The van der Waals surface area contributed by atoms with E-state index in [0.29, 0.717) is 36.5 Å². The average molecular weight is 339 g/mol. The number of imide groups is 1. The predicted octanol–water partition coefficient (Wildman–Crippen LogP) is 1.11. The minimum Gasteiger partial charge on any atom is -0.300 e. The van der Waals surface area contributed by atoms with Gasteiger partial charge in [-0.05, 0) is 25.2 Å². The van der Waals surface area contributed by atoms with Gasteiger partial charge in [-0.3, -0.25) is 24.3 Å². The number of hydrogen-bond donors (Lipinski definition) is 0. The summed E-state index contributed by atoms with van der Waals surface area (Å²) in [5.74, 6) is -2.41. The molecule has 4 rings (SSSR count). The molecule has 132 valence electrons. The molecular formula is C17H23F2N3O2. The first kappa shape index (κ1) is 16.1. The van der Waals surface area contributed by atoms with Crippen LogP contribution in [0.1, 0.15) is 25.7 Å². The Morgan fingerprint density at radius 3 is 2.54 bits per heavy atom. The Bertz CT molecular complexity index is 613. The van der Waals surface area contributed by atoms with Gasteiger partial charge in [0.05, 0.1) is 6.54 Å². The van der Waals surface area contributed by atoms with E-state index >= 15 is 0 Å². The molecule has 5 nitrogen and oxygen atoms in total. The molecule has 0 N–H and O–H groups in total. The molecule has 2 amide bonds. The van der Waals surface area contributed by atoms with Crippen LogP contribution in [0.2, 0.25) is 0 Å². The van der Waals surface area contributed by atoms with Gasteiger partial charge in [0.25, 0.3) is 17.7 Å². The van der Waals surface area contributed by atoms with Crippen molar-refractivity contribution in [3.8, 4) is 0 Å². The summed E-state index contributed by atoms with van der Waals surface area (Å²) in [4.78, 5) is 29.5. The van der Waals surface area contributed by atoms with Crippen molar-refractivity contribution in [3.63, 3.8) is 0 Å². The van der Waals surface area contributed by atoms with Crippen LogP contribution in [0.25, 0.3) is 0 Å². The van der Waals surface area contributed by atoms with Crippen molar-refractivity contribution in [1.82, 2.24) is 14.7 Å². The maximum absolute atomic E-state index is 13.3. The van der Waals surface area contributed by atoms with Crippen molar-refractivity contribution in [2.45, 2.75) is 37.6 Å². The summed E-state index contributed by atoms with van der Waals surface area (Å²) >= 11 is 0. The highest BCUT2D eigenvalue weighted by Crippen LogP contribution is 2.37. The van der Waals surface area contributed by atoms with E-state index in [1.54, 1.807) is 7.05 Å². The minimum absolute atomic E-state index is 0.0211. The summed E-state index contributed by atoms with van der Waals surface area (Å²) in [5.41, 5.74) is 1.41. The topological polar surface area (TPSA) is 43.9 Å². The van der Waals surface area contributed by atoms with Crippen molar-refractivity contribution in [2.75, 3.05) is 39.8 Å². The highest BCUT2D eigenvalue weighted by Gasteiger charge is 2.45. The normalized spacial score (nSPS) is 31.8. The first-order valence-corrected chi connectivity index (χ1v) is 8.73. The summed E-state index contributed by atoms with van der Waals surface area (Å²) in [7, 11) is 1.55. The van der Waals surface area contributed by atoms with Gasteiger partial charge in [-0.25, -0.2) is 8.78 Å². The fourth-order valence-electron chi connectivity index (χ4n) is 4.48. The lowest BCUT2D eigenvalue weighted by atomic mass is 9.84. The molecule has 2 fully saturated rings. The number of halogens is 2. The number of rotatable bonds is 3. The lowest BCUT2D eigenvalue weighted by Gasteiger charge is -2.45. The van der Waals surface area contributed by atoms with Gasteiger partial charge in [-0.1, -0.05) is 0 Å². The standard InChI is InChI=1S/C17H23F2N3O2/c1-20-15(23)13-3-2-11(6-14(13)16(20)24)7-21-8-12(9-21)22-5-4-17(18,19)10-22/h11-12H,2-10H2,1H3. The second-order valence-electron chi connectivity index (χ2n) is 7.68. The number of alkyl halides is 2. The Labute approximate surface area is 140 Å². The zero-order valence-corrected chi connectivity index (χ0v) is 13.9. The van der Waals surface area contributed by atoms with Crippen molar-refractivity contribution >= 4 is 11.8 Å². The fourth-order valence-corrected chi connectivity index (χ4v) is 4.48. The molecular weight excluding hydrogens is 316 g/mol. The quantitative estimate of drug-likeness (QED) is 0.723. The molecule has 7 heteroatoms. The molecule has 0 bridgehead atoms. The van der Waals surface area contributed by atoms with Gasteiger partial charge in [0.15, 0.2) is 0 Å². The molecule has 1 unspecified atom stereocenters. The zero-order chi connectivity index (χ0) is 17.1. The molecule has 24 heavy (non-hydrogen) atoms. The Morgan fingerprint density at radius 2 is 1.88 bits per heavy atom. The smallest absolute Gasteiger partial charge is 0.261 e. The third kappa shape index (κ3) is 2.67. The molecule has 4 aliphatic rings. The zero-order valence-electron chi connectivity index (χ0n) is 13.9. The van der Waals surface area contributed by atoms with Gasteiger partial charge in [0.1, 0.15) is 0 Å². The van der Waals surface area contributed by atoms with E-state index in [-0.39, 0.29) is 30.8 Å². The maximum atomic E-state index is 13.3. The predicted molar refractivity (Wildman–Crippen MR) is 83.5 cm³/mol. The van der Waals surface area contributed by atoms with Gasteiger partial charge < -0.3 is 0 Å². The van der Waals surface area contributed by atoms with Crippen LogP contribution in [0.4, 0.5) is 8.78 Å². The number of nitrogens with zero attached hydrogens (tertiary/aromatic N) is 3. The van der Waals surface area contributed by atoms with E-state index < -0.39 is 5.92 Å². The van der Waals surface area contributed by atoms with Crippen LogP contribution >= 0.6 is 0 Å². The van der Waals surface area contributed by atoms with Gasteiger partial charge in [0, 0.05) is 56.8 Å². The van der Waals surface area contributed by atoms with E-state index in [1.165, 1.54) is 4.90 Å². The van der Waals surface area contributed by atoms with Crippen LogP contribution in [-0.4, -0.2) is 78.2 Å². The van der Waals surface area contributed by atoms with E-state index in [0.717, 1.165) is 26.1 Å². The summed E-state index contributed by atoms with van der Waals surface area (Å²) in [6, 6.07) is 0.248. The van der Waals surface area contributed by atoms with Crippen molar-refractivity contribution in [2.24, 2.45) is 5.92 Å². The average Bonchev–Trinajstić information content (AvgIpc) is 2.96. The Kier molecular flexibility index (Phi) is 3.76. The molecule has 0 radical (unpaired) electrons. The van der Waals surface area contributed by atoms with Crippen molar-refractivity contribution in [1.29, 1.82) is 0 Å². The monoisotopic (exact) mass is 339 g/mol. The Balaban J connectivity index is 1.28. The SMILES string of the molecule is CN1C(=O)C2=C(CC(CN3CC(N4CCC(F)(F)C4)C3)CC2)C1=O. The fraction of sp³-hybridized carbons (Fsp3) is 0.765. The molecule has 1 atom stereocenters. The molecule has 0 spiro atoms. The Morgan fingerprint density at radius 1 is 1.17 bits per heavy atom. The Hall–Kier alpha value is -1.34. The molecule has 0 aromatic carbocycles. The van der Waals surface area contributed by atoms with Gasteiger partial charge >= 0.3 is 0 Å². The number of amides is 2. The van der Waals surface area contributed by atoms with Crippen LogP contribution < -0.4 is 0 Å². The first-order valence-electron chi connectivity index (χ1n) is 8.73. The number of likely N-dealkylation sites (N-methyl/N-ethyl adjacent to an activating group) is 1. The number of carbonyl (C=O) groups is 2. The number of carbonyl (C=O) groups excluding carboxylic acids is 2. The van der Waals surface area contributed by atoms with Crippen LogP contribution in [0.15, 0.2) is 11.1 Å². The van der Waals surface area contributed by atoms with E-state index in [4.69, 9.17) is 0 Å². The summed E-state index contributed by atoms with van der Waals surface area (Å²) < 4.78 is 26.6. The third-order valence-corrected chi connectivity index (χ3v) is 5.96. The van der Waals surface area contributed by atoms with Crippen molar-refractivity contribution < 1.29 is 18.4 Å². The lowest BCUT2D eigenvalue weighted by molar-refractivity contribution is -0.136. The molecule has 3 heterocycles.